The lowest BCUT2D eigenvalue weighted by atomic mass is 10.2. The minimum absolute atomic E-state index is 0.173. The van der Waals surface area contributed by atoms with Crippen molar-refractivity contribution in [1.82, 2.24) is 18.9 Å². The second-order valence-corrected chi connectivity index (χ2v) is 13.3. The number of rotatable bonds is 9. The van der Waals surface area contributed by atoms with E-state index in [9.17, 15) is 4.55 Å². The number of hydrogen-bond acceptors (Lipinski definition) is 13. The lowest BCUT2D eigenvalue weighted by Crippen LogP contribution is -2.48. The van der Waals surface area contributed by atoms with E-state index in [1.54, 1.807) is 49.8 Å². The summed E-state index contributed by atoms with van der Waals surface area (Å²) in [6.45, 7) is 2.98. The van der Waals surface area contributed by atoms with Crippen molar-refractivity contribution in [2.24, 2.45) is 0 Å². The molecule has 7 rings (SSSR count). The Morgan fingerprint density at radius 2 is 1.95 bits per heavy atom. The first kappa shape index (κ1) is 28.8. The van der Waals surface area contributed by atoms with Crippen molar-refractivity contribution in [3.05, 3.63) is 65.3 Å². The second kappa shape index (κ2) is 12.2. The molecule has 0 radical (unpaired) electrons. The number of furan rings is 1. The molecule has 0 spiro atoms. The topological polar surface area (TPSA) is 137 Å². The van der Waals surface area contributed by atoms with Crippen LogP contribution >= 0.6 is 23.1 Å². The third-order valence-electron chi connectivity index (χ3n) is 7.25. The number of nitriles is 1. The normalized spacial score (nSPS) is 17.3. The summed E-state index contributed by atoms with van der Waals surface area (Å²) in [6, 6.07) is 14.6. The Bertz CT molecular complexity index is 1800. The van der Waals surface area contributed by atoms with Crippen molar-refractivity contribution < 1.29 is 23.2 Å². The minimum Gasteiger partial charge on any atom is -0.593 e. The standard InChI is InChI=1S/C29H27N7O5S3/c1-38-20-11-24(22-13-26(41-25(22)12-20)23-15-36-28(32-23)43-29(33-36)39-2)40-16-19-17-42-27(31-19)34-7-9-35(10-8-34)44(37)21-5-3-18(14-30)4-6-21/h3-6,11-13,15,17,29,33H,7-10,16H2,1-2H3. The van der Waals surface area contributed by atoms with Crippen LogP contribution in [-0.4, -0.2) is 69.5 Å². The maximum absolute atomic E-state index is 13.0. The van der Waals surface area contributed by atoms with Gasteiger partial charge < -0.3 is 28.1 Å². The molecule has 1 N–H and O–H groups in total. The Labute approximate surface area is 264 Å². The second-order valence-electron chi connectivity index (χ2n) is 9.95. The monoisotopic (exact) mass is 649 g/mol. The van der Waals surface area contributed by atoms with Gasteiger partial charge in [0.2, 0.25) is 0 Å². The number of thioether (sulfide) groups is 1. The molecule has 0 aliphatic carbocycles. The van der Waals surface area contributed by atoms with Crippen LogP contribution in [0.3, 0.4) is 0 Å². The third kappa shape index (κ3) is 5.68. The van der Waals surface area contributed by atoms with Gasteiger partial charge in [-0.15, -0.1) is 15.6 Å². The third-order valence-corrected chi connectivity index (χ3v) is 10.7. The van der Waals surface area contributed by atoms with Crippen molar-refractivity contribution in [3.8, 4) is 29.0 Å². The Morgan fingerprint density at radius 1 is 1.14 bits per heavy atom. The van der Waals surface area contributed by atoms with E-state index in [-0.39, 0.29) is 12.2 Å². The van der Waals surface area contributed by atoms with Gasteiger partial charge in [0.05, 0.1) is 60.5 Å². The number of thiazole rings is 1. The quantitative estimate of drug-likeness (QED) is 0.223. The molecule has 44 heavy (non-hydrogen) atoms. The molecule has 12 nitrogen and oxygen atoms in total. The largest absolute Gasteiger partial charge is 0.593 e. The van der Waals surface area contributed by atoms with Crippen LogP contribution in [0, 0.1) is 11.3 Å². The highest BCUT2D eigenvalue weighted by Crippen LogP contribution is 2.39. The van der Waals surface area contributed by atoms with Gasteiger partial charge in [0.1, 0.15) is 29.4 Å². The molecule has 1 fully saturated rings. The fourth-order valence-electron chi connectivity index (χ4n) is 4.94. The summed E-state index contributed by atoms with van der Waals surface area (Å²) < 4.78 is 40.1. The summed E-state index contributed by atoms with van der Waals surface area (Å²) in [7, 11) is 3.25. The number of anilines is 1. The van der Waals surface area contributed by atoms with E-state index in [1.165, 1.54) is 11.8 Å². The van der Waals surface area contributed by atoms with E-state index in [4.69, 9.17) is 28.9 Å². The lowest BCUT2D eigenvalue weighted by molar-refractivity contribution is 0.187. The highest BCUT2D eigenvalue weighted by atomic mass is 32.2. The summed E-state index contributed by atoms with van der Waals surface area (Å²) in [6.07, 6.45) is 1.87. The van der Waals surface area contributed by atoms with E-state index in [2.05, 4.69) is 21.4 Å². The first-order valence-corrected chi connectivity index (χ1v) is 16.5. The van der Waals surface area contributed by atoms with Gasteiger partial charge in [0, 0.05) is 37.7 Å². The number of hydrogen-bond donors (Lipinski definition) is 1. The molecule has 5 heterocycles. The zero-order valence-electron chi connectivity index (χ0n) is 23.8. The van der Waals surface area contributed by atoms with E-state index in [0.29, 0.717) is 65.2 Å². The van der Waals surface area contributed by atoms with Gasteiger partial charge in [-0.05, 0) is 42.1 Å². The lowest BCUT2D eigenvalue weighted by Gasteiger charge is -2.33. The molecule has 226 valence electrons. The zero-order valence-corrected chi connectivity index (χ0v) is 26.2. The van der Waals surface area contributed by atoms with E-state index >= 15 is 0 Å². The van der Waals surface area contributed by atoms with Crippen molar-refractivity contribution in [1.29, 1.82) is 5.26 Å². The summed E-state index contributed by atoms with van der Waals surface area (Å²) in [5.74, 6) is 1.86. The van der Waals surface area contributed by atoms with Crippen molar-refractivity contribution in [3.63, 3.8) is 0 Å². The van der Waals surface area contributed by atoms with Gasteiger partial charge in [0.15, 0.2) is 26.5 Å². The van der Waals surface area contributed by atoms with Gasteiger partial charge in [-0.3, -0.25) is 5.43 Å². The molecule has 2 atom stereocenters. The fraction of sp³-hybridized carbons (Fsp3) is 0.276. The van der Waals surface area contributed by atoms with E-state index in [1.807, 2.05) is 38.8 Å². The minimum atomic E-state index is -1.27. The van der Waals surface area contributed by atoms with Crippen molar-refractivity contribution in [2.75, 3.05) is 50.7 Å². The summed E-state index contributed by atoms with van der Waals surface area (Å²) in [4.78, 5) is 12.4. The predicted octanol–water partition coefficient (Wildman–Crippen LogP) is 4.64. The van der Waals surface area contributed by atoms with Gasteiger partial charge in [-0.2, -0.15) is 5.26 Å². The number of ether oxygens (including phenoxy) is 3. The molecule has 2 aliphatic rings. The number of piperazine rings is 1. The van der Waals surface area contributed by atoms with Crippen LogP contribution in [-0.2, 0) is 22.7 Å². The Hall–Kier alpha value is -3.91. The fourth-order valence-corrected chi connectivity index (χ4v) is 7.79. The summed E-state index contributed by atoms with van der Waals surface area (Å²) in [5, 5.41) is 13.5. The van der Waals surface area contributed by atoms with Crippen LogP contribution in [0.15, 0.2) is 68.5 Å². The number of benzene rings is 2. The average Bonchev–Trinajstić information content (AvgIpc) is 3.86. The summed E-state index contributed by atoms with van der Waals surface area (Å²) >= 11 is 1.78. The first-order chi connectivity index (χ1) is 21.5. The Morgan fingerprint density at radius 3 is 2.68 bits per heavy atom. The molecule has 3 aromatic heterocycles. The number of nitrogens with zero attached hydrogens (tertiary/aromatic N) is 6. The molecular formula is C29H27N7O5S3. The smallest absolute Gasteiger partial charge is 0.196 e. The molecule has 2 aromatic carbocycles. The molecular weight excluding hydrogens is 623 g/mol. The molecule has 0 saturated carbocycles. The summed E-state index contributed by atoms with van der Waals surface area (Å²) in [5.41, 5.74) is 5.72. The molecule has 5 aromatic rings. The van der Waals surface area contributed by atoms with Crippen molar-refractivity contribution in [2.45, 2.75) is 22.2 Å². The Balaban J connectivity index is 1.01. The van der Waals surface area contributed by atoms with Gasteiger partial charge in [0.25, 0.3) is 0 Å². The molecule has 0 bridgehead atoms. The highest BCUT2D eigenvalue weighted by Gasteiger charge is 2.29. The van der Waals surface area contributed by atoms with Crippen LogP contribution in [0.1, 0.15) is 11.3 Å². The van der Waals surface area contributed by atoms with Crippen LogP contribution < -0.4 is 19.8 Å². The number of fused-ring (bicyclic) bond motifs is 2. The van der Waals surface area contributed by atoms with Gasteiger partial charge in [-0.25, -0.2) is 14.6 Å². The van der Waals surface area contributed by atoms with Gasteiger partial charge in [-0.1, -0.05) is 0 Å². The number of aromatic nitrogens is 3. The van der Waals surface area contributed by atoms with Crippen LogP contribution in [0.25, 0.3) is 22.4 Å². The van der Waals surface area contributed by atoms with E-state index < -0.39 is 11.4 Å². The van der Waals surface area contributed by atoms with Gasteiger partial charge >= 0.3 is 0 Å². The molecule has 0 amide bonds. The molecule has 15 heteroatoms. The molecule has 2 unspecified atom stereocenters. The van der Waals surface area contributed by atoms with E-state index in [0.717, 1.165) is 21.4 Å². The van der Waals surface area contributed by atoms with Crippen LogP contribution in [0.5, 0.6) is 11.5 Å². The highest BCUT2D eigenvalue weighted by molar-refractivity contribution is 7.99. The molecule has 2 aliphatic heterocycles. The number of nitrogens with one attached hydrogen (secondary N) is 1. The van der Waals surface area contributed by atoms with Crippen LogP contribution in [0.4, 0.5) is 5.13 Å². The number of imidazole rings is 1. The Kier molecular flexibility index (Phi) is 8.02. The first-order valence-electron chi connectivity index (χ1n) is 13.7. The average molecular weight is 650 g/mol. The van der Waals surface area contributed by atoms with Crippen LogP contribution in [0.2, 0.25) is 0 Å². The van der Waals surface area contributed by atoms with Crippen molar-refractivity contribution >= 4 is 50.6 Å². The zero-order chi connectivity index (χ0) is 30.2. The SMILES string of the molecule is COc1cc(OCc2csc(N3CCN([S+]([O-])c4ccc(C#N)cc4)CC3)n2)c2cc(-c3cn4c(n3)SC(OC)N4)oc2c1. The number of methoxy groups -OCH3 is 2. The maximum Gasteiger partial charge on any atom is 0.196 e. The maximum atomic E-state index is 13.0. The molecule has 1 saturated heterocycles. The predicted molar refractivity (Wildman–Crippen MR) is 168 cm³/mol.